The van der Waals surface area contributed by atoms with Crippen molar-refractivity contribution in [2.24, 2.45) is 0 Å². The van der Waals surface area contributed by atoms with Crippen LogP contribution >= 0.6 is 0 Å². The first kappa shape index (κ1) is 14.8. The van der Waals surface area contributed by atoms with Gasteiger partial charge in [-0.25, -0.2) is 4.79 Å². The number of carbonyl (C=O) groups is 2. The molecular formula is C14H17N3O4. The lowest BCUT2D eigenvalue weighted by Crippen LogP contribution is -2.23. The quantitative estimate of drug-likeness (QED) is 0.846. The maximum absolute atomic E-state index is 12.0. The van der Waals surface area contributed by atoms with E-state index in [9.17, 15) is 9.59 Å². The Morgan fingerprint density at radius 1 is 1.48 bits per heavy atom. The van der Waals surface area contributed by atoms with Crippen molar-refractivity contribution < 1.29 is 19.1 Å². The van der Waals surface area contributed by atoms with Crippen molar-refractivity contribution in [1.29, 1.82) is 0 Å². The van der Waals surface area contributed by atoms with E-state index < -0.39 is 11.9 Å². The second-order valence-corrected chi connectivity index (χ2v) is 4.68. The highest BCUT2D eigenvalue weighted by atomic mass is 16.4. The minimum absolute atomic E-state index is 0.0143. The van der Waals surface area contributed by atoms with Gasteiger partial charge in [-0.2, -0.15) is 5.10 Å². The van der Waals surface area contributed by atoms with E-state index in [-0.39, 0.29) is 18.1 Å². The third kappa shape index (κ3) is 3.50. The Bertz CT molecular complexity index is 657. The Labute approximate surface area is 121 Å². The number of aromatic nitrogens is 2. The molecule has 0 aliphatic heterocycles. The van der Waals surface area contributed by atoms with Gasteiger partial charge >= 0.3 is 5.97 Å². The first-order valence-electron chi connectivity index (χ1n) is 6.65. The van der Waals surface area contributed by atoms with Crippen molar-refractivity contribution >= 4 is 11.9 Å². The smallest absolute Gasteiger partial charge is 0.371 e. The minimum atomic E-state index is -1.20. The van der Waals surface area contributed by atoms with Crippen LogP contribution in [-0.2, 0) is 13.1 Å². The maximum atomic E-state index is 12.0. The van der Waals surface area contributed by atoms with E-state index in [1.54, 1.807) is 6.92 Å². The summed E-state index contributed by atoms with van der Waals surface area (Å²) in [5.41, 5.74) is 1.22. The number of nitrogens with zero attached hydrogens (tertiary/aromatic N) is 2. The molecule has 2 aromatic rings. The summed E-state index contributed by atoms with van der Waals surface area (Å²) >= 11 is 0. The third-order valence-electron chi connectivity index (χ3n) is 2.91. The molecule has 0 atom stereocenters. The number of aryl methyl sites for hydroxylation is 2. The average Bonchev–Trinajstić information content (AvgIpc) is 3.03. The highest BCUT2D eigenvalue weighted by molar-refractivity contribution is 5.94. The highest BCUT2D eigenvalue weighted by Gasteiger charge is 2.18. The molecule has 0 aliphatic rings. The van der Waals surface area contributed by atoms with Gasteiger partial charge < -0.3 is 14.8 Å². The van der Waals surface area contributed by atoms with Crippen LogP contribution in [0.4, 0.5) is 0 Å². The number of hydrogen-bond acceptors (Lipinski definition) is 4. The topological polar surface area (TPSA) is 97.4 Å². The van der Waals surface area contributed by atoms with Gasteiger partial charge in [-0.1, -0.05) is 6.92 Å². The molecule has 21 heavy (non-hydrogen) atoms. The molecule has 0 radical (unpaired) electrons. The molecule has 0 bridgehead atoms. The number of furan rings is 1. The van der Waals surface area contributed by atoms with E-state index in [0.717, 1.165) is 18.7 Å². The average molecular weight is 291 g/mol. The van der Waals surface area contributed by atoms with Gasteiger partial charge in [-0.15, -0.1) is 0 Å². The van der Waals surface area contributed by atoms with Crippen molar-refractivity contribution in [3.63, 3.8) is 0 Å². The van der Waals surface area contributed by atoms with Gasteiger partial charge in [0, 0.05) is 18.3 Å². The summed E-state index contributed by atoms with van der Waals surface area (Å²) in [6, 6.07) is 3.15. The van der Waals surface area contributed by atoms with Crippen molar-refractivity contribution in [1.82, 2.24) is 15.1 Å². The Morgan fingerprint density at radius 2 is 2.24 bits per heavy atom. The van der Waals surface area contributed by atoms with E-state index in [1.807, 2.05) is 16.9 Å². The molecule has 1 amide bonds. The van der Waals surface area contributed by atoms with E-state index in [4.69, 9.17) is 9.52 Å². The van der Waals surface area contributed by atoms with Gasteiger partial charge in [-0.3, -0.25) is 9.48 Å². The van der Waals surface area contributed by atoms with Crippen LogP contribution < -0.4 is 5.32 Å². The van der Waals surface area contributed by atoms with Crippen LogP contribution in [0.3, 0.4) is 0 Å². The lowest BCUT2D eigenvalue weighted by Gasteiger charge is -2.02. The highest BCUT2D eigenvalue weighted by Crippen LogP contribution is 2.14. The lowest BCUT2D eigenvalue weighted by molar-refractivity contribution is 0.0659. The number of amides is 1. The Balaban J connectivity index is 1.99. The third-order valence-corrected chi connectivity index (χ3v) is 2.91. The number of nitrogens with one attached hydrogen (secondary N) is 1. The zero-order valence-electron chi connectivity index (χ0n) is 11.9. The fourth-order valence-corrected chi connectivity index (χ4v) is 1.92. The Kier molecular flexibility index (Phi) is 4.42. The zero-order chi connectivity index (χ0) is 15.4. The number of aromatic carboxylic acids is 1. The molecule has 2 heterocycles. The SMILES string of the molecule is CCCn1ccc(CNC(=O)c2oc(C(=O)O)cc2C)n1. The normalized spacial score (nSPS) is 10.6. The minimum Gasteiger partial charge on any atom is -0.475 e. The number of carboxylic acids is 1. The molecule has 0 fully saturated rings. The van der Waals surface area contributed by atoms with Gasteiger partial charge in [0.15, 0.2) is 5.76 Å². The van der Waals surface area contributed by atoms with Crippen molar-refractivity contribution in [3.8, 4) is 0 Å². The predicted molar refractivity (Wildman–Crippen MR) is 74.1 cm³/mol. The molecule has 7 heteroatoms. The first-order valence-corrected chi connectivity index (χ1v) is 6.65. The van der Waals surface area contributed by atoms with Gasteiger partial charge in [0.25, 0.3) is 5.91 Å². The van der Waals surface area contributed by atoms with Crippen molar-refractivity contribution in [2.75, 3.05) is 0 Å². The zero-order valence-corrected chi connectivity index (χ0v) is 11.9. The van der Waals surface area contributed by atoms with Gasteiger partial charge in [0.05, 0.1) is 12.2 Å². The van der Waals surface area contributed by atoms with Gasteiger partial charge in [0.2, 0.25) is 5.76 Å². The van der Waals surface area contributed by atoms with Crippen LogP contribution in [0, 0.1) is 6.92 Å². The number of hydrogen-bond donors (Lipinski definition) is 2. The van der Waals surface area contributed by atoms with Crippen LogP contribution in [-0.4, -0.2) is 26.8 Å². The van der Waals surface area contributed by atoms with E-state index in [2.05, 4.69) is 17.3 Å². The van der Waals surface area contributed by atoms with Crippen LogP contribution in [0.15, 0.2) is 22.7 Å². The molecule has 0 saturated heterocycles. The summed E-state index contributed by atoms with van der Waals surface area (Å²) in [5, 5.41) is 15.8. The first-order chi connectivity index (χ1) is 10.0. The molecule has 2 rings (SSSR count). The summed E-state index contributed by atoms with van der Waals surface area (Å²) in [5.74, 6) is -1.88. The molecule has 7 nitrogen and oxygen atoms in total. The molecule has 0 unspecified atom stereocenters. The Morgan fingerprint density at radius 3 is 2.86 bits per heavy atom. The van der Waals surface area contributed by atoms with E-state index in [0.29, 0.717) is 5.56 Å². The summed E-state index contributed by atoms with van der Waals surface area (Å²) in [6.45, 7) is 4.77. The van der Waals surface area contributed by atoms with Crippen LogP contribution in [0.1, 0.15) is 45.7 Å². The van der Waals surface area contributed by atoms with Crippen molar-refractivity contribution in [2.45, 2.75) is 33.4 Å². The van der Waals surface area contributed by atoms with E-state index in [1.165, 1.54) is 6.07 Å². The molecule has 0 saturated carbocycles. The Hall–Kier alpha value is -2.57. The standard InChI is InChI=1S/C14H17N3O4/c1-3-5-17-6-4-10(16-17)8-15-13(18)12-9(2)7-11(21-12)14(19)20/h4,6-7H,3,5,8H2,1-2H3,(H,15,18)(H,19,20). The van der Waals surface area contributed by atoms with Gasteiger partial charge in [-0.05, 0) is 25.5 Å². The monoisotopic (exact) mass is 291 g/mol. The molecule has 112 valence electrons. The predicted octanol–water partition coefficient (Wildman–Crippen LogP) is 1.82. The maximum Gasteiger partial charge on any atom is 0.371 e. The fourth-order valence-electron chi connectivity index (χ4n) is 1.92. The van der Waals surface area contributed by atoms with Crippen LogP contribution in [0.5, 0.6) is 0 Å². The second kappa shape index (κ2) is 6.25. The van der Waals surface area contributed by atoms with Crippen molar-refractivity contribution in [3.05, 3.63) is 41.1 Å². The summed E-state index contributed by atoms with van der Waals surface area (Å²) < 4.78 is 6.84. The largest absolute Gasteiger partial charge is 0.475 e. The van der Waals surface area contributed by atoms with Crippen LogP contribution in [0.25, 0.3) is 0 Å². The fraction of sp³-hybridized carbons (Fsp3) is 0.357. The summed E-state index contributed by atoms with van der Waals surface area (Å²) in [7, 11) is 0. The molecule has 2 aromatic heterocycles. The summed E-state index contributed by atoms with van der Waals surface area (Å²) in [6.07, 6.45) is 2.84. The summed E-state index contributed by atoms with van der Waals surface area (Å²) in [4.78, 5) is 22.8. The number of carboxylic acid groups (broad SMARTS) is 1. The van der Waals surface area contributed by atoms with Crippen LogP contribution in [0.2, 0.25) is 0 Å². The molecule has 0 aromatic carbocycles. The molecule has 0 spiro atoms. The lowest BCUT2D eigenvalue weighted by atomic mass is 10.2. The molecule has 0 aliphatic carbocycles. The molecule has 2 N–H and O–H groups in total. The van der Waals surface area contributed by atoms with Gasteiger partial charge in [0.1, 0.15) is 0 Å². The van der Waals surface area contributed by atoms with E-state index >= 15 is 0 Å². The number of rotatable bonds is 6. The second-order valence-electron chi connectivity index (χ2n) is 4.68. The number of carbonyl (C=O) groups excluding carboxylic acids is 1. The molecular weight excluding hydrogens is 274 g/mol.